The zero-order valence-electron chi connectivity index (χ0n) is 18.9. The summed E-state index contributed by atoms with van der Waals surface area (Å²) in [6.45, 7) is 3.14. The van der Waals surface area contributed by atoms with Gasteiger partial charge >= 0.3 is 0 Å². The highest BCUT2D eigenvalue weighted by molar-refractivity contribution is 5.86. The lowest BCUT2D eigenvalue weighted by molar-refractivity contribution is -0.131. The van der Waals surface area contributed by atoms with Crippen molar-refractivity contribution in [2.24, 2.45) is 5.92 Å². The van der Waals surface area contributed by atoms with Crippen LogP contribution in [0.5, 0.6) is 17.2 Å². The van der Waals surface area contributed by atoms with E-state index in [2.05, 4.69) is 10.9 Å². The zero-order chi connectivity index (χ0) is 22.8. The highest BCUT2D eigenvalue weighted by Crippen LogP contribution is 2.49. The first-order chi connectivity index (χ1) is 15.5. The van der Waals surface area contributed by atoms with Crippen LogP contribution in [-0.4, -0.2) is 56.4 Å². The van der Waals surface area contributed by atoms with Crippen molar-refractivity contribution in [1.29, 1.82) is 0 Å². The Bertz CT molecular complexity index is 982. The Labute approximate surface area is 188 Å². The topological polar surface area (TPSA) is 92.3 Å². The van der Waals surface area contributed by atoms with Crippen molar-refractivity contribution in [3.05, 3.63) is 53.1 Å². The summed E-state index contributed by atoms with van der Waals surface area (Å²) in [5, 5.41) is 10.6. The second kappa shape index (κ2) is 9.36. The molecule has 0 saturated carbocycles. The van der Waals surface area contributed by atoms with Crippen LogP contribution in [0.3, 0.4) is 0 Å². The first-order valence-corrected chi connectivity index (χ1v) is 10.8. The fourth-order valence-electron chi connectivity index (χ4n) is 4.95. The molecule has 8 nitrogen and oxygen atoms in total. The Morgan fingerprint density at radius 2 is 1.75 bits per heavy atom. The van der Waals surface area contributed by atoms with E-state index >= 15 is 0 Å². The maximum atomic E-state index is 13.4. The van der Waals surface area contributed by atoms with E-state index in [-0.39, 0.29) is 29.7 Å². The number of methoxy groups -OCH3 is 3. The van der Waals surface area contributed by atoms with Gasteiger partial charge in [0.05, 0.1) is 26.3 Å². The number of nitrogens with zero attached hydrogens (tertiary/aromatic N) is 1. The number of aryl methyl sites for hydroxylation is 1. The van der Waals surface area contributed by atoms with Gasteiger partial charge in [0.2, 0.25) is 5.91 Å². The second-order valence-corrected chi connectivity index (χ2v) is 8.32. The van der Waals surface area contributed by atoms with E-state index in [1.165, 1.54) is 0 Å². The van der Waals surface area contributed by atoms with Crippen LogP contribution in [0.4, 0.5) is 0 Å². The van der Waals surface area contributed by atoms with E-state index < -0.39 is 6.04 Å². The van der Waals surface area contributed by atoms with Crippen molar-refractivity contribution >= 4 is 5.91 Å². The number of benzene rings is 2. The lowest BCUT2D eigenvalue weighted by atomic mass is 9.82. The fraction of sp³-hybridized carbons (Fsp3) is 0.458. The van der Waals surface area contributed by atoms with Gasteiger partial charge in [0, 0.05) is 31.7 Å². The van der Waals surface area contributed by atoms with Gasteiger partial charge in [-0.3, -0.25) is 4.79 Å². The first kappa shape index (κ1) is 22.4. The molecule has 4 unspecified atom stereocenters. The monoisotopic (exact) mass is 441 g/mol. The van der Waals surface area contributed by atoms with Gasteiger partial charge in [0.15, 0.2) is 11.5 Å². The summed E-state index contributed by atoms with van der Waals surface area (Å²) in [5.41, 5.74) is 9.26. The molecule has 2 aromatic rings. The molecule has 0 bridgehead atoms. The molecule has 2 fully saturated rings. The van der Waals surface area contributed by atoms with E-state index in [4.69, 9.17) is 14.2 Å². The van der Waals surface area contributed by atoms with Crippen LogP contribution >= 0.6 is 0 Å². The number of likely N-dealkylation sites (tertiary alicyclic amines) is 1. The zero-order valence-corrected chi connectivity index (χ0v) is 18.9. The molecule has 32 heavy (non-hydrogen) atoms. The van der Waals surface area contributed by atoms with Gasteiger partial charge < -0.3 is 24.2 Å². The third-order valence-corrected chi connectivity index (χ3v) is 6.43. The molecule has 172 valence electrons. The number of aromatic hydroxyl groups is 1. The summed E-state index contributed by atoms with van der Waals surface area (Å²) in [5.74, 6) is 1.38. The number of hydrogen-bond acceptors (Lipinski definition) is 7. The summed E-state index contributed by atoms with van der Waals surface area (Å²) < 4.78 is 16.2. The van der Waals surface area contributed by atoms with E-state index in [1.54, 1.807) is 27.4 Å². The Kier molecular flexibility index (Phi) is 6.55. The Balaban J connectivity index is 1.77. The van der Waals surface area contributed by atoms with Crippen molar-refractivity contribution in [3.63, 3.8) is 0 Å². The third kappa shape index (κ3) is 3.90. The van der Waals surface area contributed by atoms with E-state index in [0.29, 0.717) is 24.7 Å². The molecule has 2 saturated heterocycles. The number of hydrazine groups is 1. The molecule has 0 aliphatic carbocycles. The number of carbonyl (C=O) groups is 1. The molecule has 2 aliphatic heterocycles. The number of hydrogen-bond donors (Lipinski definition) is 3. The van der Waals surface area contributed by atoms with Gasteiger partial charge in [-0.2, -0.15) is 0 Å². The minimum absolute atomic E-state index is 0.0352. The fourth-order valence-corrected chi connectivity index (χ4v) is 4.95. The van der Waals surface area contributed by atoms with Crippen LogP contribution in [0.15, 0.2) is 36.4 Å². The quantitative estimate of drug-likeness (QED) is 0.542. The molecular weight excluding hydrogens is 410 g/mol. The average Bonchev–Trinajstić information content (AvgIpc) is 3.34. The molecule has 2 aliphatic rings. The number of amides is 1. The van der Waals surface area contributed by atoms with Crippen molar-refractivity contribution < 1.29 is 24.1 Å². The summed E-state index contributed by atoms with van der Waals surface area (Å²) >= 11 is 0. The smallest absolute Gasteiger partial charge is 0.242 e. The second-order valence-electron chi connectivity index (χ2n) is 8.32. The number of carbonyl (C=O) groups excluding carboxylic acids is 1. The van der Waals surface area contributed by atoms with Gasteiger partial charge in [-0.25, -0.2) is 10.9 Å². The van der Waals surface area contributed by atoms with Gasteiger partial charge in [0.25, 0.3) is 0 Å². The Hall–Kier alpha value is -2.81. The van der Waals surface area contributed by atoms with Crippen LogP contribution in [0.25, 0.3) is 0 Å². The number of rotatable bonds is 8. The number of fused-ring (bicyclic) bond motifs is 1. The van der Waals surface area contributed by atoms with E-state index in [0.717, 1.165) is 23.1 Å². The number of nitrogens with one attached hydrogen (secondary N) is 2. The van der Waals surface area contributed by atoms with Crippen molar-refractivity contribution in [3.8, 4) is 17.2 Å². The molecule has 4 rings (SSSR count). The maximum Gasteiger partial charge on any atom is 0.242 e. The standard InChI is InChI=1S/C24H31N3O5/c1-14-6-8-17(28)16(12-14)21-20-22(26-25-21)24(29)27(10-5-11-30-2)23(20)15-7-9-18(31-3)19(13-15)32-4/h6-9,12-13,20-23,25-26,28H,5,10-11H2,1-4H3. The Morgan fingerprint density at radius 1 is 1.00 bits per heavy atom. The molecule has 2 heterocycles. The maximum absolute atomic E-state index is 13.4. The summed E-state index contributed by atoms with van der Waals surface area (Å²) in [6.07, 6.45) is 0.735. The highest BCUT2D eigenvalue weighted by atomic mass is 16.5. The van der Waals surface area contributed by atoms with Gasteiger partial charge in [0.1, 0.15) is 11.8 Å². The largest absolute Gasteiger partial charge is 0.508 e. The van der Waals surface area contributed by atoms with Crippen molar-refractivity contribution in [1.82, 2.24) is 15.8 Å². The minimum atomic E-state index is -0.402. The highest BCUT2D eigenvalue weighted by Gasteiger charge is 2.55. The minimum Gasteiger partial charge on any atom is -0.508 e. The predicted octanol–water partition coefficient (Wildman–Crippen LogP) is 2.47. The number of phenolic OH excluding ortho intramolecular Hbond substituents is 1. The SMILES string of the molecule is COCCCN1C(=O)C2NNC(c3cc(C)ccc3O)C2C1c1ccc(OC)c(OC)c1. The third-order valence-electron chi connectivity index (χ3n) is 6.43. The summed E-state index contributed by atoms with van der Waals surface area (Å²) in [4.78, 5) is 15.4. The first-order valence-electron chi connectivity index (χ1n) is 10.8. The molecule has 0 radical (unpaired) electrons. The van der Waals surface area contributed by atoms with Crippen molar-refractivity contribution in [2.45, 2.75) is 31.5 Å². The molecule has 0 spiro atoms. The van der Waals surface area contributed by atoms with Crippen LogP contribution < -0.4 is 20.3 Å². The van der Waals surface area contributed by atoms with Crippen LogP contribution in [0, 0.1) is 12.8 Å². The molecule has 2 aromatic carbocycles. The van der Waals surface area contributed by atoms with Gasteiger partial charge in [-0.05, 0) is 37.1 Å². The van der Waals surface area contributed by atoms with Gasteiger partial charge in [-0.15, -0.1) is 0 Å². The van der Waals surface area contributed by atoms with Crippen molar-refractivity contribution in [2.75, 3.05) is 34.5 Å². The molecule has 3 N–H and O–H groups in total. The lowest BCUT2D eigenvalue weighted by Crippen LogP contribution is -2.41. The Morgan fingerprint density at radius 3 is 2.47 bits per heavy atom. The van der Waals surface area contributed by atoms with Gasteiger partial charge in [-0.1, -0.05) is 23.8 Å². The molecule has 8 heteroatoms. The average molecular weight is 442 g/mol. The molecular formula is C24H31N3O5. The summed E-state index contributed by atoms with van der Waals surface area (Å²) in [7, 11) is 4.87. The lowest BCUT2D eigenvalue weighted by Gasteiger charge is -2.32. The van der Waals surface area contributed by atoms with Crippen LogP contribution in [0.2, 0.25) is 0 Å². The molecule has 4 atom stereocenters. The van der Waals surface area contributed by atoms with Crippen LogP contribution in [-0.2, 0) is 9.53 Å². The normalized spacial score (nSPS) is 24.6. The van der Waals surface area contributed by atoms with E-state index in [1.807, 2.05) is 42.2 Å². The predicted molar refractivity (Wildman–Crippen MR) is 120 cm³/mol. The van der Waals surface area contributed by atoms with E-state index in [9.17, 15) is 9.90 Å². The number of ether oxygens (including phenoxy) is 3. The van der Waals surface area contributed by atoms with Crippen LogP contribution in [0.1, 0.15) is 35.2 Å². The molecule has 0 aromatic heterocycles. The number of phenols is 1. The molecule has 1 amide bonds. The summed E-state index contributed by atoms with van der Waals surface area (Å²) in [6, 6.07) is 10.5.